The summed E-state index contributed by atoms with van der Waals surface area (Å²) < 4.78 is 4.89. The number of carbonyl (C=O) groups is 2. The number of rotatable bonds is 7. The fourth-order valence-corrected chi connectivity index (χ4v) is 8.54. The lowest BCUT2D eigenvalue weighted by atomic mass is 10.0. The molecule has 0 spiro atoms. The summed E-state index contributed by atoms with van der Waals surface area (Å²) in [5, 5.41) is 3.80. The average molecular weight is 533 g/mol. The van der Waals surface area contributed by atoms with E-state index in [1.807, 2.05) is 30.3 Å². The Kier molecular flexibility index (Phi) is 8.55. The summed E-state index contributed by atoms with van der Waals surface area (Å²) >= 11 is 0. The van der Waals surface area contributed by atoms with Gasteiger partial charge in [0, 0.05) is 5.56 Å². The van der Waals surface area contributed by atoms with E-state index in [9.17, 15) is 9.59 Å². The number of hydrogen-bond donors (Lipinski definition) is 0. The van der Waals surface area contributed by atoms with Crippen LogP contribution in [0.3, 0.4) is 0 Å². The van der Waals surface area contributed by atoms with Crippen LogP contribution >= 0.6 is 7.26 Å². The van der Waals surface area contributed by atoms with Crippen LogP contribution < -0.4 is 32.9 Å². The molecule has 0 amide bonds. The van der Waals surface area contributed by atoms with Crippen LogP contribution in [0.5, 0.6) is 0 Å². The molecule has 5 heteroatoms. The predicted molar refractivity (Wildman–Crippen MR) is 137 cm³/mol. The minimum absolute atomic E-state index is 0. The van der Waals surface area contributed by atoms with Crippen LogP contribution in [0.1, 0.15) is 33.2 Å². The van der Waals surface area contributed by atoms with Crippen molar-refractivity contribution < 1.29 is 31.3 Å². The molecule has 0 saturated carbocycles. The van der Waals surface area contributed by atoms with E-state index in [1.54, 1.807) is 6.07 Å². The molecular formula is C29H26BrO3P. The highest BCUT2D eigenvalue weighted by Crippen LogP contribution is 2.58. The molecule has 4 aromatic carbocycles. The Morgan fingerprint density at radius 2 is 1.12 bits per heavy atom. The summed E-state index contributed by atoms with van der Waals surface area (Å²) in [6.45, 7) is 1.49. The van der Waals surface area contributed by atoms with Crippen LogP contribution in [-0.4, -0.2) is 18.9 Å². The first-order valence-electron chi connectivity index (χ1n) is 10.8. The topological polar surface area (TPSA) is 43.4 Å². The van der Waals surface area contributed by atoms with Crippen LogP contribution in [0, 0.1) is 0 Å². The molecule has 0 N–H and O–H groups in total. The third-order valence-electron chi connectivity index (χ3n) is 5.88. The standard InChI is InChI=1S/C29H26O3P.BrH/c1-22(30)28-20-23(18-19-27(28)29(31)32-2)21-33(24-12-6-3-7-13-24,25-14-8-4-9-15-25)26-16-10-5-11-17-26;/h3-20H,21H2,1-2H3;1H/q+1;/p-1. The maximum absolute atomic E-state index is 12.4. The van der Waals surface area contributed by atoms with Crippen molar-refractivity contribution in [2.45, 2.75) is 13.1 Å². The van der Waals surface area contributed by atoms with E-state index in [0.717, 1.165) is 11.7 Å². The van der Waals surface area contributed by atoms with Crippen LogP contribution in [0.25, 0.3) is 0 Å². The van der Waals surface area contributed by atoms with Gasteiger partial charge in [0.2, 0.25) is 0 Å². The zero-order valence-corrected chi connectivity index (χ0v) is 21.6. The fraction of sp³-hybridized carbons (Fsp3) is 0.103. The van der Waals surface area contributed by atoms with E-state index in [0.29, 0.717) is 11.1 Å². The average Bonchev–Trinajstić information content (AvgIpc) is 2.88. The summed E-state index contributed by atoms with van der Waals surface area (Å²) in [5.41, 5.74) is 1.71. The molecule has 0 aliphatic carbocycles. The monoisotopic (exact) mass is 532 g/mol. The lowest BCUT2D eigenvalue weighted by Crippen LogP contribution is -3.00. The highest BCUT2D eigenvalue weighted by Gasteiger charge is 2.45. The van der Waals surface area contributed by atoms with Gasteiger partial charge in [-0.25, -0.2) is 4.79 Å². The second kappa shape index (κ2) is 11.4. The van der Waals surface area contributed by atoms with E-state index in [1.165, 1.54) is 29.9 Å². The Hall–Kier alpha value is -3.07. The predicted octanol–water partition coefficient (Wildman–Crippen LogP) is 2.17. The number of ether oxygens (including phenoxy) is 1. The number of ketones is 1. The number of Topliss-reactive ketones (excluding diaryl/α,β-unsaturated/α-hetero) is 1. The van der Waals surface area contributed by atoms with Crippen molar-refractivity contribution in [2.24, 2.45) is 0 Å². The molecule has 0 aromatic heterocycles. The van der Waals surface area contributed by atoms with Crippen molar-refractivity contribution in [1.82, 2.24) is 0 Å². The van der Waals surface area contributed by atoms with Gasteiger partial charge in [-0.1, -0.05) is 60.7 Å². The highest BCUT2D eigenvalue weighted by molar-refractivity contribution is 7.95. The molecule has 0 fully saturated rings. The minimum atomic E-state index is -2.10. The van der Waals surface area contributed by atoms with Crippen molar-refractivity contribution in [3.05, 3.63) is 126 Å². The highest BCUT2D eigenvalue weighted by atomic mass is 79.9. The zero-order chi connectivity index (χ0) is 23.3. The fourth-order valence-electron chi connectivity index (χ4n) is 4.31. The zero-order valence-electron chi connectivity index (χ0n) is 19.1. The van der Waals surface area contributed by atoms with Crippen molar-refractivity contribution in [3.63, 3.8) is 0 Å². The van der Waals surface area contributed by atoms with E-state index in [-0.39, 0.29) is 22.8 Å². The first kappa shape index (κ1) is 25.6. The van der Waals surface area contributed by atoms with Crippen LogP contribution in [0.2, 0.25) is 0 Å². The molecule has 0 aliphatic rings. The molecule has 0 radical (unpaired) electrons. The first-order valence-corrected chi connectivity index (χ1v) is 12.8. The summed E-state index contributed by atoms with van der Waals surface area (Å²) in [4.78, 5) is 24.6. The van der Waals surface area contributed by atoms with E-state index in [2.05, 4.69) is 72.8 Å². The lowest BCUT2D eigenvalue weighted by molar-refractivity contribution is -0.0000282. The molecule has 0 heterocycles. The van der Waals surface area contributed by atoms with Crippen molar-refractivity contribution >= 4 is 34.9 Å². The van der Waals surface area contributed by atoms with Crippen LogP contribution in [-0.2, 0) is 10.9 Å². The van der Waals surface area contributed by atoms with Crippen molar-refractivity contribution in [2.75, 3.05) is 7.11 Å². The van der Waals surface area contributed by atoms with Gasteiger partial charge >= 0.3 is 5.97 Å². The minimum Gasteiger partial charge on any atom is -1.00 e. The maximum atomic E-state index is 12.4. The van der Waals surface area contributed by atoms with Gasteiger partial charge in [-0.2, -0.15) is 0 Å². The molecule has 4 aromatic rings. The van der Waals surface area contributed by atoms with Crippen LogP contribution in [0.4, 0.5) is 0 Å². The summed E-state index contributed by atoms with van der Waals surface area (Å²) in [7, 11) is -0.768. The van der Waals surface area contributed by atoms with E-state index < -0.39 is 13.2 Å². The van der Waals surface area contributed by atoms with Crippen molar-refractivity contribution in [1.29, 1.82) is 0 Å². The summed E-state index contributed by atoms with van der Waals surface area (Å²) in [6, 6.07) is 37.3. The largest absolute Gasteiger partial charge is 1.00 e. The molecule has 34 heavy (non-hydrogen) atoms. The number of methoxy groups -OCH3 is 1. The molecule has 0 bridgehead atoms. The van der Waals surface area contributed by atoms with Gasteiger partial charge in [-0.05, 0) is 61.0 Å². The molecule has 0 atom stereocenters. The Bertz CT molecular complexity index is 1160. The Labute approximate surface area is 211 Å². The molecule has 4 rings (SSSR count). The number of esters is 1. The van der Waals surface area contributed by atoms with Gasteiger partial charge in [0.05, 0.1) is 18.8 Å². The Balaban J connectivity index is 0.00000324. The van der Waals surface area contributed by atoms with Gasteiger partial charge in [0.1, 0.15) is 23.2 Å². The van der Waals surface area contributed by atoms with Gasteiger partial charge in [0.25, 0.3) is 0 Å². The Morgan fingerprint density at radius 3 is 1.50 bits per heavy atom. The third-order valence-corrected chi connectivity index (χ3v) is 10.3. The summed E-state index contributed by atoms with van der Waals surface area (Å²) in [6.07, 6.45) is 0.729. The number of hydrogen-bond acceptors (Lipinski definition) is 3. The number of halogens is 1. The third kappa shape index (κ3) is 5.04. The number of carbonyl (C=O) groups excluding carboxylic acids is 2. The van der Waals surface area contributed by atoms with E-state index >= 15 is 0 Å². The lowest BCUT2D eigenvalue weighted by Gasteiger charge is -2.28. The molecule has 172 valence electrons. The molecular weight excluding hydrogens is 507 g/mol. The first-order chi connectivity index (χ1) is 16.1. The van der Waals surface area contributed by atoms with Gasteiger partial charge in [-0.3, -0.25) is 4.79 Å². The Morgan fingerprint density at radius 1 is 0.676 bits per heavy atom. The molecule has 0 saturated heterocycles. The maximum Gasteiger partial charge on any atom is 0.338 e. The van der Waals surface area contributed by atoms with E-state index in [4.69, 9.17) is 4.74 Å². The summed E-state index contributed by atoms with van der Waals surface area (Å²) in [5.74, 6) is -0.651. The van der Waals surface area contributed by atoms with Gasteiger partial charge in [0.15, 0.2) is 5.78 Å². The number of benzene rings is 4. The molecule has 3 nitrogen and oxygen atoms in total. The molecule has 0 aliphatic heterocycles. The van der Waals surface area contributed by atoms with Crippen molar-refractivity contribution in [3.8, 4) is 0 Å². The molecule has 0 unspecified atom stereocenters. The van der Waals surface area contributed by atoms with Crippen LogP contribution in [0.15, 0.2) is 109 Å². The van der Waals surface area contributed by atoms with Gasteiger partial charge < -0.3 is 21.7 Å². The second-order valence-electron chi connectivity index (χ2n) is 7.90. The smallest absolute Gasteiger partial charge is 0.338 e. The quantitative estimate of drug-likeness (QED) is 0.208. The second-order valence-corrected chi connectivity index (χ2v) is 11.4. The normalized spacial score (nSPS) is 10.8. The SMILES string of the molecule is COC(=O)c1ccc(C[P+](c2ccccc2)(c2ccccc2)c2ccccc2)cc1C(C)=O.[Br-]. The van der Waals surface area contributed by atoms with Gasteiger partial charge in [-0.15, -0.1) is 0 Å².